The number of methoxy groups -OCH3 is 2. The first-order chi connectivity index (χ1) is 20.9. The second-order valence-corrected chi connectivity index (χ2v) is 11.9. The number of hydrazone groups is 1. The minimum Gasteiger partial charge on any atom is -0.497 e. The summed E-state index contributed by atoms with van der Waals surface area (Å²) in [7, 11) is -1.94. The number of carbonyl (C=O) groups excluding carboxylic acids is 1. The normalized spacial score (nSPS) is 11.4. The Labute approximate surface area is 263 Å². The number of nitro benzene ring substituents is 1. The molecule has 15 heteroatoms. The number of sulfonamides is 1. The van der Waals surface area contributed by atoms with E-state index in [4.69, 9.17) is 32.7 Å². The maximum absolute atomic E-state index is 13.9. The summed E-state index contributed by atoms with van der Waals surface area (Å²) < 4.78 is 40.9. The molecule has 1 heterocycles. The maximum atomic E-state index is 13.9. The van der Waals surface area contributed by atoms with E-state index in [2.05, 4.69) is 10.5 Å². The van der Waals surface area contributed by atoms with Crippen molar-refractivity contribution in [2.24, 2.45) is 5.10 Å². The van der Waals surface area contributed by atoms with Crippen LogP contribution in [0.1, 0.15) is 17.0 Å². The predicted molar refractivity (Wildman–Crippen MR) is 168 cm³/mol. The molecule has 0 fully saturated rings. The summed E-state index contributed by atoms with van der Waals surface area (Å²) in [6.07, 6.45) is 1.41. The number of para-hydroxylation sites is 1. The second-order valence-electron chi connectivity index (χ2n) is 9.30. The van der Waals surface area contributed by atoms with Crippen LogP contribution in [0.2, 0.25) is 10.0 Å². The van der Waals surface area contributed by atoms with Gasteiger partial charge < -0.3 is 14.0 Å². The van der Waals surface area contributed by atoms with Gasteiger partial charge in [0.2, 0.25) is 0 Å². The highest BCUT2D eigenvalue weighted by atomic mass is 35.5. The molecular weight excluding hydrogens is 633 g/mol. The number of hydrogen-bond donors (Lipinski definition) is 1. The highest BCUT2D eigenvalue weighted by molar-refractivity contribution is 7.93. The van der Waals surface area contributed by atoms with Crippen molar-refractivity contribution in [3.05, 3.63) is 104 Å². The standard InChI is InChI=1S/C29H27Cl2N5O7S/c1-18-14-20(19(2)35(18)25-10-7-8-22(30)29(25)31)16-32-33-28(37)17-34(23-13-12-21(42-3)15-26(23)43-4)44(40,41)27-11-6-5-9-24(27)36(38)39/h5-16H,17H2,1-4H3,(H,33,37)/b32-16-. The topological polar surface area (TPSA) is 145 Å². The molecule has 3 aromatic carbocycles. The molecule has 4 aromatic rings. The number of hydrogen-bond acceptors (Lipinski definition) is 8. The van der Waals surface area contributed by atoms with E-state index in [1.165, 1.54) is 50.8 Å². The van der Waals surface area contributed by atoms with E-state index < -0.39 is 38.0 Å². The van der Waals surface area contributed by atoms with Gasteiger partial charge in [0.05, 0.1) is 46.8 Å². The van der Waals surface area contributed by atoms with Gasteiger partial charge in [-0.25, -0.2) is 13.8 Å². The van der Waals surface area contributed by atoms with Gasteiger partial charge in [0, 0.05) is 29.1 Å². The quantitative estimate of drug-likeness (QED) is 0.124. The molecule has 0 saturated heterocycles. The maximum Gasteiger partial charge on any atom is 0.289 e. The molecule has 4 rings (SSSR count). The molecule has 0 spiro atoms. The van der Waals surface area contributed by atoms with Gasteiger partial charge in [0.1, 0.15) is 18.0 Å². The number of aryl methyl sites for hydroxylation is 1. The average Bonchev–Trinajstić information content (AvgIpc) is 3.28. The smallest absolute Gasteiger partial charge is 0.289 e. The molecule has 0 unspecified atom stereocenters. The lowest BCUT2D eigenvalue weighted by molar-refractivity contribution is -0.387. The lowest BCUT2D eigenvalue weighted by atomic mass is 10.2. The number of halogens is 2. The SMILES string of the molecule is COc1ccc(N(CC(=O)N/N=C\c2cc(C)n(-c3cccc(Cl)c3Cl)c2C)S(=O)(=O)c2ccccc2[N+](=O)[O-])c(OC)c1. The molecular formula is C29H27Cl2N5O7S. The zero-order valence-electron chi connectivity index (χ0n) is 23.9. The fourth-order valence-electron chi connectivity index (χ4n) is 4.53. The van der Waals surface area contributed by atoms with Crippen LogP contribution in [0, 0.1) is 24.0 Å². The number of nitro groups is 1. The van der Waals surface area contributed by atoms with Crippen molar-refractivity contribution in [2.45, 2.75) is 18.7 Å². The third-order valence-electron chi connectivity index (χ3n) is 6.61. The molecule has 1 N–H and O–H groups in total. The molecule has 0 atom stereocenters. The van der Waals surface area contributed by atoms with Crippen LogP contribution in [0.15, 0.2) is 76.7 Å². The van der Waals surface area contributed by atoms with E-state index in [0.717, 1.165) is 23.5 Å². The number of aromatic nitrogens is 1. The van der Waals surface area contributed by atoms with Gasteiger partial charge in [-0.15, -0.1) is 0 Å². The Hall–Kier alpha value is -4.59. The molecule has 0 bridgehead atoms. The molecule has 0 radical (unpaired) electrons. The van der Waals surface area contributed by atoms with Crippen LogP contribution in [-0.2, 0) is 14.8 Å². The molecule has 0 aliphatic heterocycles. The van der Waals surface area contributed by atoms with Crippen molar-refractivity contribution in [1.29, 1.82) is 0 Å². The Kier molecular flexibility index (Phi) is 9.82. The summed E-state index contributed by atoms with van der Waals surface area (Å²) in [6.45, 7) is 2.92. The number of nitrogens with zero attached hydrogens (tertiary/aromatic N) is 4. The van der Waals surface area contributed by atoms with Crippen LogP contribution in [0.3, 0.4) is 0 Å². The Balaban J connectivity index is 1.67. The number of rotatable bonds is 11. The largest absolute Gasteiger partial charge is 0.497 e. The van der Waals surface area contributed by atoms with Crippen LogP contribution < -0.4 is 19.2 Å². The fourth-order valence-corrected chi connectivity index (χ4v) is 6.50. The van der Waals surface area contributed by atoms with Crippen LogP contribution in [0.25, 0.3) is 5.69 Å². The van der Waals surface area contributed by atoms with Crippen molar-refractivity contribution in [3.63, 3.8) is 0 Å². The lowest BCUT2D eigenvalue weighted by Gasteiger charge is -2.25. The first kappa shape index (κ1) is 32.3. The molecule has 0 saturated carbocycles. The molecule has 0 aliphatic rings. The summed E-state index contributed by atoms with van der Waals surface area (Å²) >= 11 is 12.6. The summed E-state index contributed by atoms with van der Waals surface area (Å²) in [5.41, 5.74) is 4.54. The second kappa shape index (κ2) is 13.4. The number of amides is 1. The minimum atomic E-state index is -4.67. The fraction of sp³-hybridized carbons (Fsp3) is 0.172. The monoisotopic (exact) mass is 659 g/mol. The van der Waals surface area contributed by atoms with Crippen molar-refractivity contribution < 1.29 is 27.6 Å². The number of nitrogens with one attached hydrogen (secondary N) is 1. The average molecular weight is 661 g/mol. The minimum absolute atomic E-state index is 0.0486. The number of carbonyl (C=O) groups is 1. The van der Waals surface area contributed by atoms with Gasteiger partial charge in [-0.1, -0.05) is 41.4 Å². The van der Waals surface area contributed by atoms with Gasteiger partial charge >= 0.3 is 0 Å². The Morgan fingerprint density at radius 1 is 1.07 bits per heavy atom. The van der Waals surface area contributed by atoms with Crippen molar-refractivity contribution >= 4 is 56.7 Å². The molecule has 1 aromatic heterocycles. The molecule has 44 heavy (non-hydrogen) atoms. The zero-order chi connectivity index (χ0) is 32.2. The Morgan fingerprint density at radius 3 is 2.48 bits per heavy atom. The van der Waals surface area contributed by atoms with Crippen molar-refractivity contribution in [1.82, 2.24) is 9.99 Å². The Morgan fingerprint density at radius 2 is 1.80 bits per heavy atom. The molecule has 230 valence electrons. The number of ether oxygens (including phenoxy) is 2. The number of anilines is 1. The zero-order valence-corrected chi connectivity index (χ0v) is 26.3. The van der Waals surface area contributed by atoms with Crippen molar-refractivity contribution in [2.75, 3.05) is 25.1 Å². The first-order valence-electron chi connectivity index (χ1n) is 12.8. The van der Waals surface area contributed by atoms with Gasteiger partial charge in [-0.2, -0.15) is 5.10 Å². The molecule has 1 amide bonds. The summed E-state index contributed by atoms with van der Waals surface area (Å²) in [5.74, 6) is -0.415. The third-order valence-corrected chi connectivity index (χ3v) is 9.22. The summed E-state index contributed by atoms with van der Waals surface area (Å²) in [6, 6.07) is 16.2. The van der Waals surface area contributed by atoms with Crippen LogP contribution in [0.4, 0.5) is 11.4 Å². The van der Waals surface area contributed by atoms with Gasteiger partial charge in [0.25, 0.3) is 21.6 Å². The Bertz CT molecular complexity index is 1880. The van der Waals surface area contributed by atoms with E-state index in [1.807, 2.05) is 30.5 Å². The highest BCUT2D eigenvalue weighted by Crippen LogP contribution is 2.37. The summed E-state index contributed by atoms with van der Waals surface area (Å²) in [4.78, 5) is 23.4. The van der Waals surface area contributed by atoms with Gasteiger partial charge in [-0.3, -0.25) is 19.2 Å². The predicted octanol–water partition coefficient (Wildman–Crippen LogP) is 5.67. The third kappa shape index (κ3) is 6.49. The summed E-state index contributed by atoms with van der Waals surface area (Å²) in [5, 5.41) is 16.5. The highest BCUT2D eigenvalue weighted by Gasteiger charge is 2.34. The van der Waals surface area contributed by atoms with Gasteiger partial charge in [0.15, 0.2) is 4.90 Å². The lowest BCUT2D eigenvalue weighted by Crippen LogP contribution is -2.40. The first-order valence-corrected chi connectivity index (χ1v) is 15.0. The van der Waals surface area contributed by atoms with Crippen LogP contribution in [-0.4, -0.2) is 50.8 Å². The van der Waals surface area contributed by atoms with E-state index >= 15 is 0 Å². The van der Waals surface area contributed by atoms with Crippen LogP contribution >= 0.6 is 23.2 Å². The number of benzene rings is 3. The van der Waals surface area contributed by atoms with E-state index in [9.17, 15) is 23.3 Å². The van der Waals surface area contributed by atoms with Crippen molar-refractivity contribution in [3.8, 4) is 17.2 Å². The van der Waals surface area contributed by atoms with E-state index in [-0.39, 0.29) is 11.4 Å². The van der Waals surface area contributed by atoms with E-state index in [0.29, 0.717) is 31.4 Å². The van der Waals surface area contributed by atoms with Gasteiger partial charge in [-0.05, 0) is 50.2 Å². The van der Waals surface area contributed by atoms with Crippen LogP contribution in [0.5, 0.6) is 11.5 Å². The molecule has 0 aliphatic carbocycles. The van der Waals surface area contributed by atoms with E-state index in [1.54, 1.807) is 12.1 Å². The molecule has 12 nitrogen and oxygen atoms in total.